The lowest BCUT2D eigenvalue weighted by Gasteiger charge is -2.28. The van der Waals surface area contributed by atoms with Crippen LogP contribution in [0.3, 0.4) is 0 Å². The van der Waals surface area contributed by atoms with E-state index in [0.29, 0.717) is 22.3 Å². The zero-order valence-electron chi connectivity index (χ0n) is 16.1. The van der Waals surface area contributed by atoms with Gasteiger partial charge in [0.1, 0.15) is 15.3 Å². The fourth-order valence-corrected chi connectivity index (χ4v) is 4.46. The van der Waals surface area contributed by atoms with Gasteiger partial charge in [0.2, 0.25) is 0 Å². The number of carbonyl (C=O) groups is 1. The van der Waals surface area contributed by atoms with Gasteiger partial charge in [-0.2, -0.15) is 5.26 Å². The maximum atomic E-state index is 13.1. The molecule has 0 atom stereocenters. The second-order valence-electron chi connectivity index (χ2n) is 6.01. The maximum Gasteiger partial charge on any atom is 0.351 e. The molecule has 0 N–H and O–H groups in total. The summed E-state index contributed by atoms with van der Waals surface area (Å²) in [5.41, 5.74) is 2.52. The molecule has 0 aliphatic carbocycles. The molecule has 2 heterocycles. The predicted octanol–water partition coefficient (Wildman–Crippen LogP) is 1.83. The molecule has 0 unspecified atom stereocenters. The lowest BCUT2D eigenvalue weighted by molar-refractivity contribution is -0.136. The number of rotatable bonds is 4. The van der Waals surface area contributed by atoms with Crippen molar-refractivity contribution >= 4 is 40.3 Å². The highest BCUT2D eigenvalue weighted by Crippen LogP contribution is 2.30. The first-order chi connectivity index (χ1) is 13.6. The van der Waals surface area contributed by atoms with Gasteiger partial charge < -0.3 is 9.64 Å². The van der Waals surface area contributed by atoms with Crippen LogP contribution < -0.4 is 19.7 Å². The van der Waals surface area contributed by atoms with E-state index in [2.05, 4.69) is 4.90 Å². The maximum absolute atomic E-state index is 13.1. The first kappa shape index (κ1) is 19.6. The summed E-state index contributed by atoms with van der Waals surface area (Å²) in [6.45, 7) is 6.72. The number of carbonyl (C=O) groups excluding carboxylic acids is 1. The molecule has 6 nitrogen and oxygen atoms in total. The first-order valence-electron chi connectivity index (χ1n) is 9.17. The predicted molar refractivity (Wildman–Crippen MR) is 111 cm³/mol. The standard InChI is InChI=1S/C21H21N3O3S/c1-4-23-16-10-8-7-9-14(16)11-12-17(23)18-19(25)24(5-2)20(28-18)15(13-22)21(26)27-6-3/h7-12H,4-6H2,1-3H3/b18-17?,20-15+. The third-order valence-corrected chi connectivity index (χ3v) is 5.70. The number of aromatic nitrogens is 1. The van der Waals surface area contributed by atoms with E-state index in [1.54, 1.807) is 6.92 Å². The average Bonchev–Trinajstić information content (AvgIpc) is 3.03. The van der Waals surface area contributed by atoms with Crippen molar-refractivity contribution in [2.24, 2.45) is 0 Å². The van der Waals surface area contributed by atoms with Gasteiger partial charge in [0.05, 0.1) is 12.3 Å². The Morgan fingerprint density at radius 3 is 2.57 bits per heavy atom. The first-order valence-corrected chi connectivity index (χ1v) is 9.99. The van der Waals surface area contributed by atoms with E-state index in [4.69, 9.17) is 4.74 Å². The smallest absolute Gasteiger partial charge is 0.351 e. The molecule has 0 amide bonds. The Balaban J connectivity index is 2.36. The number of fused-ring (bicyclic) bond motifs is 1. The lowest BCUT2D eigenvalue weighted by atomic mass is 10.1. The molecule has 0 bridgehead atoms. The van der Waals surface area contributed by atoms with Crippen molar-refractivity contribution in [3.63, 3.8) is 0 Å². The van der Waals surface area contributed by atoms with Crippen molar-refractivity contribution < 1.29 is 9.53 Å². The van der Waals surface area contributed by atoms with Crippen LogP contribution in [-0.2, 0) is 16.1 Å². The van der Waals surface area contributed by atoms with Crippen molar-refractivity contribution in [1.29, 1.82) is 5.26 Å². The molecule has 0 spiro atoms. The van der Waals surface area contributed by atoms with Gasteiger partial charge in [-0.3, -0.25) is 9.36 Å². The van der Waals surface area contributed by atoms with Crippen LogP contribution in [-0.4, -0.2) is 23.7 Å². The van der Waals surface area contributed by atoms with Gasteiger partial charge in [0, 0.05) is 18.8 Å². The molecule has 0 saturated heterocycles. The third-order valence-electron chi connectivity index (χ3n) is 4.49. The molecule has 3 rings (SSSR count). The van der Waals surface area contributed by atoms with Crippen molar-refractivity contribution in [3.05, 3.63) is 55.5 Å². The number of thiazole rings is 1. The Morgan fingerprint density at radius 2 is 1.93 bits per heavy atom. The fourth-order valence-electron chi connectivity index (χ4n) is 3.23. The minimum atomic E-state index is -0.707. The Kier molecular flexibility index (Phi) is 5.81. The zero-order chi connectivity index (χ0) is 20.3. The second kappa shape index (κ2) is 8.28. The number of benzene rings is 1. The molecule has 28 heavy (non-hydrogen) atoms. The SMILES string of the molecule is CCOC(=O)/C(C#N)=c1/sc(=C2C=Cc3ccccc3N2CC)c(=O)n1CC. The summed E-state index contributed by atoms with van der Waals surface area (Å²) in [5, 5.41) is 9.51. The van der Waals surface area contributed by atoms with Gasteiger partial charge in [-0.05, 0) is 38.5 Å². The highest BCUT2D eigenvalue weighted by molar-refractivity contribution is 7.07. The van der Waals surface area contributed by atoms with Gasteiger partial charge in [-0.15, -0.1) is 11.3 Å². The summed E-state index contributed by atoms with van der Waals surface area (Å²) in [6.07, 6.45) is 3.89. The number of para-hydroxylation sites is 1. The number of hydrogen-bond acceptors (Lipinski definition) is 6. The zero-order valence-corrected chi connectivity index (χ0v) is 16.9. The number of likely N-dealkylation sites (N-methyl/N-ethyl adjacent to an activating group) is 1. The highest BCUT2D eigenvalue weighted by Gasteiger charge is 2.21. The van der Waals surface area contributed by atoms with Crippen LogP contribution in [0.2, 0.25) is 0 Å². The topological polar surface area (TPSA) is 75.3 Å². The average molecular weight is 395 g/mol. The summed E-state index contributed by atoms with van der Waals surface area (Å²) >= 11 is 1.16. The van der Waals surface area contributed by atoms with Crippen molar-refractivity contribution in [1.82, 2.24) is 4.57 Å². The van der Waals surface area contributed by atoms with Gasteiger partial charge in [-0.1, -0.05) is 24.3 Å². The Bertz CT molecular complexity index is 1160. The fraction of sp³-hybridized carbons (Fsp3) is 0.286. The van der Waals surface area contributed by atoms with Gasteiger partial charge in [0.15, 0.2) is 5.57 Å². The molecule has 1 aromatic carbocycles. The molecular formula is C21H21N3O3S. The molecule has 0 radical (unpaired) electrons. The molecule has 1 aliphatic heterocycles. The van der Waals surface area contributed by atoms with Crippen LogP contribution in [0.5, 0.6) is 0 Å². The number of hydrogen-bond donors (Lipinski definition) is 0. The van der Waals surface area contributed by atoms with Crippen molar-refractivity contribution in [3.8, 4) is 6.07 Å². The molecule has 0 fully saturated rings. The number of esters is 1. The molecular weight excluding hydrogens is 374 g/mol. The van der Waals surface area contributed by atoms with Crippen molar-refractivity contribution in [2.45, 2.75) is 27.3 Å². The second-order valence-corrected chi connectivity index (χ2v) is 7.01. The summed E-state index contributed by atoms with van der Waals surface area (Å²) < 4.78 is 7.29. The van der Waals surface area contributed by atoms with Crippen LogP contribution in [0.4, 0.5) is 5.69 Å². The number of anilines is 1. The number of ether oxygens (including phenoxy) is 1. The normalized spacial score (nSPS) is 15.7. The lowest BCUT2D eigenvalue weighted by Crippen LogP contribution is -2.36. The summed E-state index contributed by atoms with van der Waals surface area (Å²) in [7, 11) is 0. The van der Waals surface area contributed by atoms with Gasteiger partial charge >= 0.3 is 5.97 Å². The Hall–Kier alpha value is -3.11. The van der Waals surface area contributed by atoms with Crippen LogP contribution in [0.15, 0.2) is 35.1 Å². The van der Waals surface area contributed by atoms with Gasteiger partial charge in [0.25, 0.3) is 5.56 Å². The number of nitriles is 1. The van der Waals surface area contributed by atoms with E-state index in [1.165, 1.54) is 4.57 Å². The van der Waals surface area contributed by atoms with Crippen molar-refractivity contribution in [2.75, 3.05) is 18.1 Å². The van der Waals surface area contributed by atoms with E-state index in [0.717, 1.165) is 28.3 Å². The van der Waals surface area contributed by atoms with E-state index in [1.807, 2.05) is 56.3 Å². The Morgan fingerprint density at radius 1 is 1.18 bits per heavy atom. The van der Waals surface area contributed by atoms with E-state index in [-0.39, 0.29) is 17.7 Å². The summed E-state index contributed by atoms with van der Waals surface area (Å²) in [5.74, 6) is -0.707. The third kappa shape index (κ3) is 3.27. The molecule has 144 valence electrons. The monoisotopic (exact) mass is 395 g/mol. The van der Waals surface area contributed by atoms with Crippen LogP contribution in [0.1, 0.15) is 26.3 Å². The molecule has 1 aromatic heterocycles. The highest BCUT2D eigenvalue weighted by atomic mass is 32.1. The molecule has 7 heteroatoms. The van der Waals surface area contributed by atoms with E-state index < -0.39 is 5.97 Å². The van der Waals surface area contributed by atoms with Crippen LogP contribution in [0.25, 0.3) is 17.3 Å². The quantitative estimate of drug-likeness (QED) is 0.739. The van der Waals surface area contributed by atoms with E-state index in [9.17, 15) is 14.9 Å². The van der Waals surface area contributed by atoms with Crippen LogP contribution in [0, 0.1) is 11.3 Å². The summed E-state index contributed by atoms with van der Waals surface area (Å²) in [4.78, 5) is 27.4. The minimum absolute atomic E-state index is 0.138. The van der Waals surface area contributed by atoms with Gasteiger partial charge in [-0.25, -0.2) is 4.79 Å². The molecule has 0 saturated carbocycles. The molecule has 1 aliphatic rings. The Labute approximate surface area is 166 Å². The van der Waals surface area contributed by atoms with E-state index >= 15 is 0 Å². The minimum Gasteiger partial charge on any atom is -0.462 e. The van der Waals surface area contributed by atoms with Crippen LogP contribution >= 0.6 is 11.3 Å². The summed E-state index contributed by atoms with van der Waals surface area (Å²) in [6, 6.07) is 9.89. The molecule has 2 aromatic rings. The number of nitrogens with zero attached hydrogens (tertiary/aromatic N) is 3. The largest absolute Gasteiger partial charge is 0.462 e.